The second kappa shape index (κ2) is 5.29. The van der Waals surface area contributed by atoms with Gasteiger partial charge in [0.25, 0.3) is 0 Å². The van der Waals surface area contributed by atoms with E-state index in [-0.39, 0.29) is 23.0 Å². The lowest BCUT2D eigenvalue weighted by Gasteiger charge is -1.98. The number of esters is 1. The molecule has 19 heavy (non-hydrogen) atoms. The molecule has 0 saturated heterocycles. The van der Waals surface area contributed by atoms with Gasteiger partial charge in [0, 0.05) is 3.57 Å². The van der Waals surface area contributed by atoms with Gasteiger partial charge in [-0.25, -0.2) is 4.79 Å². The van der Waals surface area contributed by atoms with Crippen LogP contribution in [0.2, 0.25) is 5.02 Å². The molecule has 0 spiro atoms. The quantitative estimate of drug-likeness (QED) is 0.345. The summed E-state index contributed by atoms with van der Waals surface area (Å²) < 4.78 is 6.60. The Balaban J connectivity index is 2.77. The molecule has 2 rings (SSSR count). The molecule has 0 unspecified atom stereocenters. The zero-order chi connectivity index (χ0) is 14.2. The summed E-state index contributed by atoms with van der Waals surface area (Å²) in [6.45, 7) is 1.71. The third-order valence-electron chi connectivity index (χ3n) is 2.30. The van der Waals surface area contributed by atoms with Crippen molar-refractivity contribution in [1.82, 2.24) is 9.38 Å². The number of hydrogen-bond acceptors (Lipinski definition) is 5. The van der Waals surface area contributed by atoms with Crippen LogP contribution >= 0.6 is 34.2 Å². The number of nitro groups is 1. The molecule has 0 aliphatic carbocycles. The van der Waals surface area contributed by atoms with Crippen LogP contribution in [0.25, 0.3) is 5.65 Å². The number of aromatic nitrogens is 2. The van der Waals surface area contributed by atoms with E-state index in [4.69, 9.17) is 16.3 Å². The van der Waals surface area contributed by atoms with Crippen molar-refractivity contribution in [2.75, 3.05) is 6.61 Å². The topological polar surface area (TPSA) is 86.7 Å². The summed E-state index contributed by atoms with van der Waals surface area (Å²) in [6.07, 6.45) is 1.44. The summed E-state index contributed by atoms with van der Waals surface area (Å²) in [6, 6.07) is 1.60. The third kappa shape index (κ3) is 2.37. The SMILES string of the molecule is CCOC(=O)c1nc2c(Cl)c(I)ccn2c1[N+](=O)[O-]. The Hall–Kier alpha value is -1.42. The number of pyridine rings is 1. The summed E-state index contributed by atoms with van der Waals surface area (Å²) in [5.74, 6) is -1.30. The minimum Gasteiger partial charge on any atom is -0.461 e. The van der Waals surface area contributed by atoms with Crippen molar-refractivity contribution in [3.05, 3.63) is 36.7 Å². The molecule has 0 fully saturated rings. The standard InChI is InChI=1S/C10H7ClIN3O4/c1-2-19-10(16)7-9(15(17)18)14-4-3-5(12)6(11)8(14)13-7/h3-4H,2H2,1H3. The number of rotatable bonds is 3. The van der Waals surface area contributed by atoms with Gasteiger partial charge in [0.05, 0.1) is 12.8 Å². The molecule has 7 nitrogen and oxygen atoms in total. The number of nitrogens with zero attached hydrogens (tertiary/aromatic N) is 3. The van der Waals surface area contributed by atoms with Gasteiger partial charge in [0.15, 0.2) is 0 Å². The lowest BCUT2D eigenvalue weighted by molar-refractivity contribution is -0.390. The molecular formula is C10H7ClIN3O4. The Bertz CT molecular complexity index is 685. The molecule has 0 aromatic carbocycles. The zero-order valence-corrected chi connectivity index (χ0v) is 12.5. The minimum atomic E-state index is -0.844. The Morgan fingerprint density at radius 3 is 2.95 bits per heavy atom. The highest BCUT2D eigenvalue weighted by Gasteiger charge is 2.30. The van der Waals surface area contributed by atoms with Gasteiger partial charge < -0.3 is 14.9 Å². The Kier molecular flexibility index (Phi) is 3.90. The number of hydrogen-bond donors (Lipinski definition) is 0. The minimum absolute atomic E-state index is 0.106. The average Bonchev–Trinajstić information content (AvgIpc) is 2.74. The molecule has 0 N–H and O–H groups in total. The molecule has 2 aromatic heterocycles. The van der Waals surface area contributed by atoms with E-state index in [0.29, 0.717) is 3.57 Å². The maximum Gasteiger partial charge on any atom is 0.365 e. The fraction of sp³-hybridized carbons (Fsp3) is 0.200. The maximum atomic E-state index is 11.7. The van der Waals surface area contributed by atoms with Crippen LogP contribution < -0.4 is 0 Å². The van der Waals surface area contributed by atoms with Crippen LogP contribution in [0.1, 0.15) is 17.4 Å². The second-order valence-electron chi connectivity index (χ2n) is 3.43. The lowest BCUT2D eigenvalue weighted by atomic mass is 10.4. The van der Waals surface area contributed by atoms with Crippen LogP contribution in [0.4, 0.5) is 5.82 Å². The average molecular weight is 396 g/mol. The van der Waals surface area contributed by atoms with Gasteiger partial charge in [-0.15, -0.1) is 0 Å². The fourth-order valence-electron chi connectivity index (χ4n) is 1.55. The first kappa shape index (κ1) is 14.0. The van der Waals surface area contributed by atoms with Crippen LogP contribution in [0, 0.1) is 13.7 Å². The monoisotopic (exact) mass is 395 g/mol. The second-order valence-corrected chi connectivity index (χ2v) is 4.97. The van der Waals surface area contributed by atoms with Crippen molar-refractivity contribution in [2.45, 2.75) is 6.92 Å². The Labute approximate surface area is 125 Å². The molecule has 0 radical (unpaired) electrons. The Morgan fingerprint density at radius 1 is 1.68 bits per heavy atom. The van der Waals surface area contributed by atoms with Crippen molar-refractivity contribution in [3.63, 3.8) is 0 Å². The number of carbonyl (C=O) groups is 1. The molecule has 2 heterocycles. The smallest absolute Gasteiger partial charge is 0.365 e. The van der Waals surface area contributed by atoms with Crippen molar-refractivity contribution < 1.29 is 14.5 Å². The number of imidazole rings is 1. The van der Waals surface area contributed by atoms with Crippen molar-refractivity contribution in [3.8, 4) is 0 Å². The maximum absolute atomic E-state index is 11.7. The molecule has 0 saturated carbocycles. The van der Waals surface area contributed by atoms with Gasteiger partial charge >= 0.3 is 11.8 Å². The van der Waals surface area contributed by atoms with E-state index in [1.165, 1.54) is 6.20 Å². The van der Waals surface area contributed by atoms with E-state index in [2.05, 4.69) is 4.98 Å². The fourth-order valence-corrected chi connectivity index (χ4v) is 2.15. The van der Waals surface area contributed by atoms with Crippen LogP contribution in [-0.4, -0.2) is 26.9 Å². The molecule has 0 atom stereocenters. The summed E-state index contributed by atoms with van der Waals surface area (Å²) in [4.78, 5) is 26.0. The normalized spacial score (nSPS) is 10.7. The van der Waals surface area contributed by atoms with Crippen LogP contribution in [-0.2, 0) is 4.74 Å². The first-order valence-corrected chi connectivity index (χ1v) is 6.60. The molecular weight excluding hydrogens is 388 g/mol. The van der Waals surface area contributed by atoms with E-state index in [1.807, 2.05) is 22.6 Å². The van der Waals surface area contributed by atoms with Gasteiger partial charge in [-0.05, 0) is 40.5 Å². The molecule has 0 aliphatic rings. The van der Waals surface area contributed by atoms with Gasteiger partial charge in [-0.2, -0.15) is 9.38 Å². The number of ether oxygens (including phenoxy) is 1. The molecule has 9 heteroatoms. The van der Waals surface area contributed by atoms with Gasteiger partial charge in [0.2, 0.25) is 11.3 Å². The van der Waals surface area contributed by atoms with Gasteiger partial charge in [-0.1, -0.05) is 11.6 Å². The lowest BCUT2D eigenvalue weighted by Crippen LogP contribution is -2.08. The summed E-state index contributed by atoms with van der Waals surface area (Å²) in [5.41, 5.74) is -0.195. The molecule has 0 bridgehead atoms. The largest absolute Gasteiger partial charge is 0.461 e. The van der Waals surface area contributed by atoms with Gasteiger partial charge in [0.1, 0.15) is 5.02 Å². The van der Waals surface area contributed by atoms with E-state index in [9.17, 15) is 14.9 Å². The highest BCUT2D eigenvalue weighted by molar-refractivity contribution is 14.1. The first-order valence-electron chi connectivity index (χ1n) is 5.15. The van der Waals surface area contributed by atoms with E-state index < -0.39 is 16.7 Å². The van der Waals surface area contributed by atoms with Crippen LogP contribution in [0.5, 0.6) is 0 Å². The van der Waals surface area contributed by atoms with E-state index >= 15 is 0 Å². The zero-order valence-electron chi connectivity index (χ0n) is 9.59. The first-order chi connectivity index (χ1) is 8.97. The van der Waals surface area contributed by atoms with Gasteiger partial charge in [-0.3, -0.25) is 0 Å². The summed E-state index contributed by atoms with van der Waals surface area (Å²) in [7, 11) is 0. The van der Waals surface area contributed by atoms with E-state index in [0.717, 1.165) is 4.40 Å². The van der Waals surface area contributed by atoms with Crippen molar-refractivity contribution >= 4 is 51.6 Å². The third-order valence-corrected chi connectivity index (χ3v) is 3.89. The number of fused-ring (bicyclic) bond motifs is 1. The highest BCUT2D eigenvalue weighted by Crippen LogP contribution is 2.29. The number of carbonyl (C=O) groups excluding carboxylic acids is 1. The molecule has 2 aromatic rings. The molecule has 0 aliphatic heterocycles. The van der Waals surface area contributed by atoms with Crippen molar-refractivity contribution in [2.24, 2.45) is 0 Å². The summed E-state index contributed by atoms with van der Waals surface area (Å²) >= 11 is 8.01. The highest BCUT2D eigenvalue weighted by atomic mass is 127. The molecule has 100 valence electrons. The van der Waals surface area contributed by atoms with Crippen LogP contribution in [0.3, 0.4) is 0 Å². The number of halogens is 2. The van der Waals surface area contributed by atoms with E-state index in [1.54, 1.807) is 13.0 Å². The Morgan fingerprint density at radius 2 is 2.37 bits per heavy atom. The predicted octanol–water partition coefficient (Wildman–Crippen LogP) is 2.68. The van der Waals surface area contributed by atoms with Crippen LogP contribution in [0.15, 0.2) is 12.3 Å². The molecule has 0 amide bonds. The predicted molar refractivity (Wildman–Crippen MR) is 75.5 cm³/mol. The van der Waals surface area contributed by atoms with Crippen molar-refractivity contribution in [1.29, 1.82) is 0 Å². The summed E-state index contributed by atoms with van der Waals surface area (Å²) in [5, 5.41) is 11.3.